The van der Waals surface area contributed by atoms with E-state index >= 15 is 0 Å². The summed E-state index contributed by atoms with van der Waals surface area (Å²) >= 11 is 9.08. The molecule has 0 aliphatic heterocycles. The van der Waals surface area contributed by atoms with Crippen LogP contribution >= 0.6 is 27.5 Å². The predicted molar refractivity (Wildman–Crippen MR) is 72.8 cm³/mol. The van der Waals surface area contributed by atoms with Crippen molar-refractivity contribution in [3.05, 3.63) is 43.9 Å². The van der Waals surface area contributed by atoms with Gasteiger partial charge in [-0.15, -0.1) is 0 Å². The van der Waals surface area contributed by atoms with Crippen LogP contribution in [0.1, 0.15) is 24.5 Å². The van der Waals surface area contributed by atoms with Crippen LogP contribution in [0.5, 0.6) is 0 Å². The highest BCUT2D eigenvalue weighted by atomic mass is 79.9. The van der Waals surface area contributed by atoms with Crippen LogP contribution < -0.4 is 5.56 Å². The second kappa shape index (κ2) is 4.48. The number of nitrogens with zero attached hydrogens (tertiary/aromatic N) is 2. The minimum atomic E-state index is -0.168. The van der Waals surface area contributed by atoms with Crippen LogP contribution in [-0.4, -0.2) is 15.0 Å². The third-order valence-electron chi connectivity index (χ3n) is 2.82. The molecule has 1 aliphatic carbocycles. The van der Waals surface area contributed by atoms with Crippen LogP contribution in [0.2, 0.25) is 5.02 Å². The van der Waals surface area contributed by atoms with Crippen molar-refractivity contribution in [2.24, 2.45) is 0 Å². The number of nitrogens with one attached hydrogen (secondary N) is 1. The first-order chi connectivity index (χ1) is 8.65. The van der Waals surface area contributed by atoms with Gasteiger partial charge in [0, 0.05) is 12.1 Å². The number of pyridine rings is 1. The first kappa shape index (κ1) is 11.9. The van der Waals surface area contributed by atoms with Crippen molar-refractivity contribution in [3.8, 4) is 11.5 Å². The van der Waals surface area contributed by atoms with Gasteiger partial charge in [-0.1, -0.05) is 11.6 Å². The molecule has 1 N–H and O–H groups in total. The summed E-state index contributed by atoms with van der Waals surface area (Å²) in [5.74, 6) is 0.884. The fourth-order valence-electron chi connectivity index (χ4n) is 1.74. The second-order valence-corrected chi connectivity index (χ2v) is 5.48. The standard InChI is InChI=1S/C12H9BrClN3O/c13-9-10(6-1-2-6)16-11(17-12(9)18)8-4-3-7(14)5-15-8/h3-6H,1-2H2,(H,16,17,18). The normalized spacial score (nSPS) is 14.8. The molecule has 1 fully saturated rings. The molecule has 1 aliphatic rings. The number of H-pyrrole nitrogens is 1. The molecule has 0 saturated heterocycles. The average Bonchev–Trinajstić information content (AvgIpc) is 3.18. The molecular formula is C12H9BrClN3O. The molecule has 18 heavy (non-hydrogen) atoms. The Morgan fingerprint density at radius 1 is 1.39 bits per heavy atom. The predicted octanol–water partition coefficient (Wildman–Crippen LogP) is 3.13. The van der Waals surface area contributed by atoms with E-state index in [1.165, 1.54) is 6.20 Å². The van der Waals surface area contributed by atoms with E-state index in [0.717, 1.165) is 18.5 Å². The van der Waals surface area contributed by atoms with E-state index in [1.54, 1.807) is 12.1 Å². The topological polar surface area (TPSA) is 58.6 Å². The molecule has 0 aromatic carbocycles. The lowest BCUT2D eigenvalue weighted by molar-refractivity contribution is 0.954. The highest BCUT2D eigenvalue weighted by Gasteiger charge is 2.29. The van der Waals surface area contributed by atoms with Crippen molar-refractivity contribution in [2.45, 2.75) is 18.8 Å². The Morgan fingerprint density at radius 2 is 2.17 bits per heavy atom. The third-order valence-corrected chi connectivity index (χ3v) is 3.81. The molecule has 6 heteroatoms. The van der Waals surface area contributed by atoms with Crippen molar-refractivity contribution in [1.29, 1.82) is 0 Å². The lowest BCUT2D eigenvalue weighted by Crippen LogP contribution is -2.13. The Labute approximate surface area is 117 Å². The van der Waals surface area contributed by atoms with Gasteiger partial charge in [-0.05, 0) is 40.9 Å². The number of hydrogen-bond acceptors (Lipinski definition) is 3. The Morgan fingerprint density at radius 3 is 2.78 bits per heavy atom. The highest BCUT2D eigenvalue weighted by Crippen LogP contribution is 2.41. The van der Waals surface area contributed by atoms with Crippen molar-refractivity contribution in [3.63, 3.8) is 0 Å². The van der Waals surface area contributed by atoms with E-state index in [2.05, 4.69) is 30.9 Å². The van der Waals surface area contributed by atoms with Crippen molar-refractivity contribution in [1.82, 2.24) is 15.0 Å². The largest absolute Gasteiger partial charge is 0.304 e. The minimum absolute atomic E-state index is 0.168. The number of halogens is 2. The van der Waals surface area contributed by atoms with Gasteiger partial charge in [0.05, 0.1) is 10.7 Å². The highest BCUT2D eigenvalue weighted by molar-refractivity contribution is 9.10. The Balaban J connectivity index is 2.12. The van der Waals surface area contributed by atoms with Crippen LogP contribution in [-0.2, 0) is 0 Å². The van der Waals surface area contributed by atoms with Gasteiger partial charge in [0.15, 0.2) is 5.82 Å². The van der Waals surface area contributed by atoms with Crippen molar-refractivity contribution >= 4 is 27.5 Å². The summed E-state index contributed by atoms with van der Waals surface area (Å²) in [7, 11) is 0. The van der Waals surface area contributed by atoms with Crippen molar-refractivity contribution < 1.29 is 0 Å². The summed E-state index contributed by atoms with van der Waals surface area (Å²) in [6, 6.07) is 3.47. The zero-order valence-electron chi connectivity index (χ0n) is 9.28. The zero-order chi connectivity index (χ0) is 12.7. The summed E-state index contributed by atoms with van der Waals surface area (Å²) in [6.07, 6.45) is 3.71. The number of rotatable bonds is 2. The van der Waals surface area contributed by atoms with E-state index in [1.807, 2.05) is 0 Å². The van der Waals surface area contributed by atoms with Crippen LogP contribution in [0.4, 0.5) is 0 Å². The first-order valence-electron chi connectivity index (χ1n) is 5.57. The smallest absolute Gasteiger partial charge is 0.265 e. The third kappa shape index (κ3) is 2.20. The monoisotopic (exact) mass is 325 g/mol. The van der Waals surface area contributed by atoms with E-state index in [9.17, 15) is 4.79 Å². The first-order valence-corrected chi connectivity index (χ1v) is 6.74. The lowest BCUT2D eigenvalue weighted by atomic mass is 10.2. The Kier molecular flexibility index (Phi) is 2.95. The van der Waals surface area contributed by atoms with E-state index in [0.29, 0.717) is 26.9 Å². The fraction of sp³-hybridized carbons (Fsp3) is 0.250. The van der Waals surface area contributed by atoms with E-state index in [4.69, 9.17) is 11.6 Å². The van der Waals surface area contributed by atoms with Crippen LogP contribution in [0.25, 0.3) is 11.5 Å². The Bertz CT molecular complexity index is 649. The molecule has 3 rings (SSSR count). The molecule has 2 heterocycles. The van der Waals surface area contributed by atoms with Gasteiger partial charge in [-0.3, -0.25) is 9.78 Å². The van der Waals surface area contributed by atoms with Crippen LogP contribution in [0, 0.1) is 0 Å². The molecule has 0 amide bonds. The van der Waals surface area contributed by atoms with Gasteiger partial charge in [-0.25, -0.2) is 4.98 Å². The van der Waals surface area contributed by atoms with Gasteiger partial charge in [-0.2, -0.15) is 0 Å². The molecule has 2 aromatic heterocycles. The number of aromatic nitrogens is 3. The molecule has 0 spiro atoms. The molecule has 0 radical (unpaired) electrons. The van der Waals surface area contributed by atoms with Crippen LogP contribution in [0.3, 0.4) is 0 Å². The molecule has 0 unspecified atom stereocenters. The lowest BCUT2D eigenvalue weighted by Gasteiger charge is -2.05. The average molecular weight is 327 g/mol. The van der Waals surface area contributed by atoms with Gasteiger partial charge < -0.3 is 4.98 Å². The quantitative estimate of drug-likeness (QED) is 0.922. The minimum Gasteiger partial charge on any atom is -0.304 e. The maximum Gasteiger partial charge on any atom is 0.265 e. The van der Waals surface area contributed by atoms with Gasteiger partial charge in [0.2, 0.25) is 0 Å². The summed E-state index contributed by atoms with van der Waals surface area (Å²) in [4.78, 5) is 23.2. The SMILES string of the molecule is O=c1[nH]c(-c2ccc(Cl)cn2)nc(C2CC2)c1Br. The fourth-order valence-corrected chi connectivity index (χ4v) is 2.36. The van der Waals surface area contributed by atoms with Gasteiger partial charge in [0.1, 0.15) is 10.2 Å². The number of hydrogen-bond donors (Lipinski definition) is 1. The van der Waals surface area contributed by atoms with Crippen molar-refractivity contribution in [2.75, 3.05) is 0 Å². The van der Waals surface area contributed by atoms with Gasteiger partial charge >= 0.3 is 0 Å². The molecule has 92 valence electrons. The van der Waals surface area contributed by atoms with E-state index in [-0.39, 0.29) is 5.56 Å². The summed E-state index contributed by atoms with van der Waals surface area (Å²) in [5.41, 5.74) is 1.27. The molecular weight excluding hydrogens is 318 g/mol. The summed E-state index contributed by atoms with van der Waals surface area (Å²) in [6.45, 7) is 0. The summed E-state index contributed by atoms with van der Waals surface area (Å²) < 4.78 is 0.530. The second-order valence-electron chi connectivity index (χ2n) is 4.25. The molecule has 4 nitrogen and oxygen atoms in total. The number of aromatic amines is 1. The molecule has 2 aromatic rings. The maximum absolute atomic E-state index is 11.8. The van der Waals surface area contributed by atoms with Gasteiger partial charge in [0.25, 0.3) is 5.56 Å². The molecule has 0 bridgehead atoms. The van der Waals surface area contributed by atoms with E-state index < -0.39 is 0 Å². The Hall–Kier alpha value is -1.20. The maximum atomic E-state index is 11.8. The van der Waals surface area contributed by atoms with Crippen LogP contribution in [0.15, 0.2) is 27.6 Å². The molecule has 1 saturated carbocycles. The summed E-state index contributed by atoms with van der Waals surface area (Å²) in [5, 5.41) is 0.556. The molecule has 0 atom stereocenters. The zero-order valence-corrected chi connectivity index (χ0v) is 11.6.